The van der Waals surface area contributed by atoms with E-state index in [2.05, 4.69) is 10.3 Å². The van der Waals surface area contributed by atoms with Crippen LogP contribution in [0.15, 0.2) is 28.5 Å². The van der Waals surface area contributed by atoms with Crippen molar-refractivity contribution in [2.24, 2.45) is 0 Å². The van der Waals surface area contributed by atoms with Crippen molar-refractivity contribution in [2.75, 3.05) is 19.4 Å². The van der Waals surface area contributed by atoms with Crippen LogP contribution in [0.3, 0.4) is 0 Å². The second kappa shape index (κ2) is 6.44. The molecule has 1 amide bonds. The van der Waals surface area contributed by atoms with Crippen LogP contribution in [0.2, 0.25) is 5.02 Å². The molecule has 9 heteroatoms. The summed E-state index contributed by atoms with van der Waals surface area (Å²) in [6.07, 6.45) is 2.26. The molecule has 1 fully saturated rings. The van der Waals surface area contributed by atoms with Crippen molar-refractivity contribution in [3.63, 3.8) is 0 Å². The van der Waals surface area contributed by atoms with Gasteiger partial charge in [0.15, 0.2) is 5.13 Å². The van der Waals surface area contributed by atoms with E-state index < -0.39 is 15.9 Å². The lowest BCUT2D eigenvalue weighted by atomic mass is 10.2. The molecular formula is C15H16ClN3O3S2. The molecule has 1 aromatic heterocycles. The minimum atomic E-state index is -3.64. The van der Waals surface area contributed by atoms with Crippen molar-refractivity contribution in [1.82, 2.24) is 9.29 Å². The third-order valence-corrected chi connectivity index (χ3v) is 6.62. The molecule has 0 bridgehead atoms. The van der Waals surface area contributed by atoms with Crippen LogP contribution in [0.25, 0.3) is 0 Å². The molecule has 1 saturated carbocycles. The number of benzene rings is 1. The minimum absolute atomic E-state index is 0.0138. The first-order chi connectivity index (χ1) is 11.3. The average Bonchev–Trinajstić information content (AvgIpc) is 3.27. The van der Waals surface area contributed by atoms with E-state index in [-0.39, 0.29) is 15.5 Å². The van der Waals surface area contributed by atoms with Crippen LogP contribution in [0, 0.1) is 0 Å². The number of anilines is 1. The van der Waals surface area contributed by atoms with Gasteiger partial charge in [0.1, 0.15) is 0 Å². The van der Waals surface area contributed by atoms with Crippen molar-refractivity contribution in [1.29, 1.82) is 0 Å². The summed E-state index contributed by atoms with van der Waals surface area (Å²) in [5.41, 5.74) is 1.09. The van der Waals surface area contributed by atoms with E-state index in [1.165, 1.54) is 43.6 Å². The number of aromatic nitrogens is 1. The fraction of sp³-hybridized carbons (Fsp3) is 0.333. The van der Waals surface area contributed by atoms with Crippen molar-refractivity contribution in [3.05, 3.63) is 39.9 Å². The third kappa shape index (κ3) is 3.46. The number of hydrogen-bond acceptors (Lipinski definition) is 5. The van der Waals surface area contributed by atoms with E-state index in [1.807, 2.05) is 5.38 Å². The molecule has 1 aromatic carbocycles. The average molecular weight is 386 g/mol. The van der Waals surface area contributed by atoms with Crippen LogP contribution in [0.4, 0.5) is 5.13 Å². The molecule has 1 heterocycles. The number of amides is 1. The van der Waals surface area contributed by atoms with Crippen LogP contribution >= 0.6 is 22.9 Å². The molecule has 6 nitrogen and oxygen atoms in total. The van der Waals surface area contributed by atoms with E-state index >= 15 is 0 Å². The van der Waals surface area contributed by atoms with Gasteiger partial charge in [-0.15, -0.1) is 11.3 Å². The number of halogens is 1. The fourth-order valence-electron chi connectivity index (χ4n) is 2.12. The van der Waals surface area contributed by atoms with Crippen molar-refractivity contribution < 1.29 is 13.2 Å². The number of carbonyl (C=O) groups is 1. The highest BCUT2D eigenvalue weighted by atomic mass is 35.5. The second-order valence-corrected chi connectivity index (χ2v) is 9.15. The lowest BCUT2D eigenvalue weighted by Crippen LogP contribution is -2.23. The maximum absolute atomic E-state index is 12.4. The number of carbonyl (C=O) groups excluding carboxylic acids is 1. The number of thiazole rings is 1. The summed E-state index contributed by atoms with van der Waals surface area (Å²) < 4.78 is 25.5. The van der Waals surface area contributed by atoms with Gasteiger partial charge >= 0.3 is 0 Å². The van der Waals surface area contributed by atoms with Gasteiger partial charge in [0.25, 0.3) is 5.91 Å². The summed E-state index contributed by atoms with van der Waals surface area (Å²) in [4.78, 5) is 16.8. The van der Waals surface area contributed by atoms with Crippen LogP contribution in [0.5, 0.6) is 0 Å². The molecule has 24 heavy (non-hydrogen) atoms. The van der Waals surface area contributed by atoms with Crippen LogP contribution in [-0.4, -0.2) is 37.7 Å². The van der Waals surface area contributed by atoms with E-state index in [1.54, 1.807) is 0 Å². The second-order valence-electron chi connectivity index (χ2n) is 5.74. The first kappa shape index (κ1) is 17.3. The van der Waals surface area contributed by atoms with Crippen molar-refractivity contribution in [2.45, 2.75) is 23.7 Å². The molecule has 1 aliphatic carbocycles. The van der Waals surface area contributed by atoms with Crippen LogP contribution in [-0.2, 0) is 10.0 Å². The Morgan fingerprint density at radius 1 is 1.38 bits per heavy atom. The smallest absolute Gasteiger partial charge is 0.259 e. The molecular weight excluding hydrogens is 370 g/mol. The summed E-state index contributed by atoms with van der Waals surface area (Å²) in [6, 6.07) is 4.07. The van der Waals surface area contributed by atoms with Gasteiger partial charge in [0, 0.05) is 25.4 Å². The zero-order chi connectivity index (χ0) is 17.5. The lowest BCUT2D eigenvalue weighted by molar-refractivity contribution is 0.102. The zero-order valence-electron chi connectivity index (χ0n) is 13.1. The molecule has 0 unspecified atom stereocenters. The molecule has 0 spiro atoms. The maximum Gasteiger partial charge on any atom is 0.259 e. The van der Waals surface area contributed by atoms with Gasteiger partial charge in [-0.1, -0.05) is 11.6 Å². The topological polar surface area (TPSA) is 79.4 Å². The largest absolute Gasteiger partial charge is 0.298 e. The maximum atomic E-state index is 12.4. The van der Waals surface area contributed by atoms with Gasteiger partial charge in [-0.3, -0.25) is 10.1 Å². The summed E-state index contributed by atoms with van der Waals surface area (Å²) >= 11 is 7.42. The first-order valence-electron chi connectivity index (χ1n) is 7.28. The molecule has 1 N–H and O–H groups in total. The number of hydrogen-bond donors (Lipinski definition) is 1. The quantitative estimate of drug-likeness (QED) is 0.857. The molecule has 3 rings (SSSR count). The van der Waals surface area contributed by atoms with Crippen molar-refractivity contribution >= 4 is 44.0 Å². The van der Waals surface area contributed by atoms with E-state index in [0.29, 0.717) is 11.0 Å². The van der Waals surface area contributed by atoms with Crippen LogP contribution < -0.4 is 5.32 Å². The normalized spacial score (nSPS) is 14.8. The molecule has 0 aliphatic heterocycles. The highest BCUT2D eigenvalue weighted by molar-refractivity contribution is 7.89. The fourth-order valence-corrected chi connectivity index (χ4v) is 4.04. The molecule has 0 atom stereocenters. The Kier molecular flexibility index (Phi) is 4.65. The Morgan fingerprint density at radius 3 is 2.71 bits per heavy atom. The zero-order valence-corrected chi connectivity index (χ0v) is 15.5. The summed E-state index contributed by atoms with van der Waals surface area (Å²) in [5, 5.41) is 5.29. The van der Waals surface area contributed by atoms with E-state index in [9.17, 15) is 13.2 Å². The Labute approximate surface area is 149 Å². The molecule has 128 valence electrons. The molecule has 2 aromatic rings. The van der Waals surface area contributed by atoms with E-state index in [0.717, 1.165) is 22.8 Å². The summed E-state index contributed by atoms with van der Waals surface area (Å²) in [5.74, 6) is 0.0246. The summed E-state index contributed by atoms with van der Waals surface area (Å²) in [6.45, 7) is 0. The highest BCUT2D eigenvalue weighted by Gasteiger charge is 2.26. The van der Waals surface area contributed by atoms with Gasteiger partial charge < -0.3 is 0 Å². The van der Waals surface area contributed by atoms with Crippen LogP contribution in [0.1, 0.15) is 34.8 Å². The predicted molar refractivity (Wildman–Crippen MR) is 94.4 cm³/mol. The van der Waals surface area contributed by atoms with Gasteiger partial charge in [-0.2, -0.15) is 0 Å². The SMILES string of the molecule is CN(C)S(=O)(=O)c1ccc(Cl)c(C(=O)Nc2nc(C3CC3)cs2)c1. The first-order valence-corrected chi connectivity index (χ1v) is 9.97. The van der Waals surface area contributed by atoms with E-state index in [4.69, 9.17) is 11.6 Å². The molecule has 1 aliphatic rings. The monoisotopic (exact) mass is 385 g/mol. The third-order valence-electron chi connectivity index (χ3n) is 3.70. The molecule has 0 saturated heterocycles. The number of rotatable bonds is 5. The Hall–Kier alpha value is -1.48. The number of nitrogens with zero attached hydrogens (tertiary/aromatic N) is 2. The molecule has 0 radical (unpaired) electrons. The van der Waals surface area contributed by atoms with Gasteiger partial charge in [-0.05, 0) is 31.0 Å². The van der Waals surface area contributed by atoms with Crippen molar-refractivity contribution in [3.8, 4) is 0 Å². The van der Waals surface area contributed by atoms with Gasteiger partial charge in [0.2, 0.25) is 10.0 Å². The standard InChI is InChI=1S/C15H16ClN3O3S2/c1-19(2)24(21,22)10-5-6-12(16)11(7-10)14(20)18-15-17-13(8-23-15)9-3-4-9/h5-9H,3-4H2,1-2H3,(H,17,18,20). The number of nitrogens with one attached hydrogen (secondary N) is 1. The Balaban J connectivity index is 1.85. The summed E-state index contributed by atoms with van der Waals surface area (Å²) in [7, 11) is -0.781. The van der Waals surface area contributed by atoms with Gasteiger partial charge in [0.05, 0.1) is 21.2 Å². The Morgan fingerprint density at radius 2 is 2.08 bits per heavy atom. The highest BCUT2D eigenvalue weighted by Crippen LogP contribution is 2.41. The Bertz CT molecular complexity index is 889. The predicted octanol–water partition coefficient (Wildman–Crippen LogP) is 3.18. The van der Waals surface area contributed by atoms with Gasteiger partial charge in [-0.25, -0.2) is 17.7 Å². The number of sulfonamides is 1. The minimum Gasteiger partial charge on any atom is -0.298 e. The lowest BCUT2D eigenvalue weighted by Gasteiger charge is -2.13.